The topological polar surface area (TPSA) is 38.1 Å². The lowest BCUT2D eigenvalue weighted by atomic mass is 10.1. The summed E-state index contributed by atoms with van der Waals surface area (Å²) in [7, 11) is 1.96. The predicted molar refractivity (Wildman–Crippen MR) is 85.4 cm³/mol. The van der Waals surface area contributed by atoms with Crippen LogP contribution in [0.1, 0.15) is 28.6 Å². The third kappa shape index (κ3) is 2.98. The van der Waals surface area contributed by atoms with Crippen molar-refractivity contribution in [1.29, 1.82) is 0 Å². The minimum Gasteiger partial charge on any atom is -0.459 e. The summed E-state index contributed by atoms with van der Waals surface area (Å²) in [5.74, 6) is 0.959. The van der Waals surface area contributed by atoms with Crippen LogP contribution in [0.25, 0.3) is 11.0 Å². The number of rotatable bonds is 4. The Kier molecular flexibility index (Phi) is 3.76. The molecular formula is C18H20N2O. The molecule has 108 valence electrons. The second-order valence-electron chi connectivity index (χ2n) is 5.56. The molecule has 1 N–H and O–H groups in total. The largest absolute Gasteiger partial charge is 0.459 e. The number of benzene rings is 1. The minimum absolute atomic E-state index is 0.132. The van der Waals surface area contributed by atoms with Crippen LogP contribution in [0.4, 0.5) is 0 Å². The van der Waals surface area contributed by atoms with Crippen LogP contribution < -0.4 is 5.32 Å². The Morgan fingerprint density at radius 3 is 2.62 bits per heavy atom. The van der Waals surface area contributed by atoms with Crippen LogP contribution >= 0.6 is 0 Å². The molecule has 3 nitrogen and oxygen atoms in total. The molecule has 0 aliphatic carbocycles. The molecule has 1 atom stereocenters. The number of pyridine rings is 1. The Balaban J connectivity index is 1.88. The highest BCUT2D eigenvalue weighted by molar-refractivity contribution is 5.78. The van der Waals surface area contributed by atoms with Gasteiger partial charge >= 0.3 is 0 Å². The van der Waals surface area contributed by atoms with Gasteiger partial charge in [0.25, 0.3) is 0 Å². The maximum Gasteiger partial charge on any atom is 0.134 e. The first-order chi connectivity index (χ1) is 10.2. The summed E-state index contributed by atoms with van der Waals surface area (Å²) in [6.07, 6.45) is 2.72. The monoisotopic (exact) mass is 280 g/mol. The van der Waals surface area contributed by atoms with E-state index in [1.54, 1.807) is 0 Å². The summed E-state index contributed by atoms with van der Waals surface area (Å²) in [5, 5.41) is 4.48. The van der Waals surface area contributed by atoms with Gasteiger partial charge in [0.15, 0.2) is 0 Å². The Morgan fingerprint density at radius 2 is 1.90 bits per heavy atom. The van der Waals surface area contributed by atoms with Crippen LogP contribution in [-0.2, 0) is 6.42 Å². The summed E-state index contributed by atoms with van der Waals surface area (Å²) in [4.78, 5) is 4.48. The first kappa shape index (κ1) is 13.8. The van der Waals surface area contributed by atoms with Crippen molar-refractivity contribution in [2.45, 2.75) is 26.3 Å². The second-order valence-corrected chi connectivity index (χ2v) is 5.56. The molecule has 0 fully saturated rings. The first-order valence-corrected chi connectivity index (χ1v) is 7.24. The molecule has 3 rings (SSSR count). The lowest BCUT2D eigenvalue weighted by Crippen LogP contribution is -2.18. The molecule has 0 spiro atoms. The number of aromatic nitrogens is 1. The molecule has 0 amide bonds. The lowest BCUT2D eigenvalue weighted by Gasteiger charge is -2.13. The fraction of sp³-hybridized carbons (Fsp3) is 0.278. The minimum atomic E-state index is 0.132. The number of hydrogen-bond acceptors (Lipinski definition) is 3. The molecule has 0 saturated heterocycles. The molecule has 0 aliphatic rings. The zero-order valence-corrected chi connectivity index (χ0v) is 12.7. The van der Waals surface area contributed by atoms with Gasteiger partial charge in [-0.1, -0.05) is 17.7 Å². The Morgan fingerprint density at radius 1 is 1.10 bits per heavy atom. The number of furan rings is 1. The van der Waals surface area contributed by atoms with E-state index in [0.29, 0.717) is 0 Å². The number of aryl methyl sites for hydroxylation is 2. The molecule has 2 heterocycles. The molecule has 3 aromatic rings. The summed E-state index contributed by atoms with van der Waals surface area (Å²) < 4.78 is 5.98. The van der Waals surface area contributed by atoms with Gasteiger partial charge in [-0.25, -0.2) is 0 Å². The fourth-order valence-corrected chi connectivity index (χ4v) is 2.53. The number of nitrogens with zero attached hydrogens (tertiary/aromatic N) is 1. The van der Waals surface area contributed by atoms with E-state index in [-0.39, 0.29) is 6.04 Å². The first-order valence-electron chi connectivity index (χ1n) is 7.24. The third-order valence-corrected chi connectivity index (χ3v) is 3.77. The summed E-state index contributed by atoms with van der Waals surface area (Å²) in [5.41, 5.74) is 4.43. The number of nitrogens with one attached hydrogen (secondary N) is 1. The molecule has 0 radical (unpaired) electrons. The van der Waals surface area contributed by atoms with Crippen molar-refractivity contribution in [3.63, 3.8) is 0 Å². The van der Waals surface area contributed by atoms with Crippen molar-refractivity contribution in [1.82, 2.24) is 10.3 Å². The van der Waals surface area contributed by atoms with Gasteiger partial charge in [0, 0.05) is 23.7 Å². The molecule has 3 heteroatoms. The van der Waals surface area contributed by atoms with Crippen molar-refractivity contribution < 1.29 is 4.42 Å². The van der Waals surface area contributed by atoms with Crippen LogP contribution in [0.15, 0.2) is 47.0 Å². The zero-order valence-electron chi connectivity index (χ0n) is 12.7. The van der Waals surface area contributed by atoms with E-state index in [2.05, 4.69) is 47.6 Å². The number of hydrogen-bond donors (Lipinski definition) is 1. The quantitative estimate of drug-likeness (QED) is 0.786. The maximum atomic E-state index is 5.98. The van der Waals surface area contributed by atoms with Crippen molar-refractivity contribution >= 4 is 11.0 Å². The van der Waals surface area contributed by atoms with Gasteiger partial charge in [0.2, 0.25) is 0 Å². The van der Waals surface area contributed by atoms with E-state index in [0.717, 1.165) is 28.8 Å². The van der Waals surface area contributed by atoms with E-state index in [1.807, 2.05) is 26.2 Å². The second kappa shape index (κ2) is 5.70. The molecule has 0 bridgehead atoms. The van der Waals surface area contributed by atoms with Gasteiger partial charge in [-0.3, -0.25) is 4.98 Å². The van der Waals surface area contributed by atoms with E-state index in [4.69, 9.17) is 4.42 Å². The van der Waals surface area contributed by atoms with Gasteiger partial charge in [-0.15, -0.1) is 0 Å². The van der Waals surface area contributed by atoms with Crippen LogP contribution in [0, 0.1) is 13.8 Å². The molecular weight excluding hydrogens is 260 g/mol. The maximum absolute atomic E-state index is 5.98. The Hall–Kier alpha value is -2.13. The van der Waals surface area contributed by atoms with Crippen molar-refractivity contribution in [2.24, 2.45) is 0 Å². The van der Waals surface area contributed by atoms with Crippen LogP contribution in [0.2, 0.25) is 0 Å². The third-order valence-electron chi connectivity index (χ3n) is 3.77. The summed E-state index contributed by atoms with van der Waals surface area (Å²) >= 11 is 0. The normalized spacial score (nSPS) is 12.7. The molecule has 2 aromatic heterocycles. The lowest BCUT2D eigenvalue weighted by molar-refractivity contribution is 0.448. The zero-order chi connectivity index (χ0) is 14.8. The van der Waals surface area contributed by atoms with Crippen LogP contribution in [-0.4, -0.2) is 12.0 Å². The van der Waals surface area contributed by atoms with Crippen molar-refractivity contribution in [3.8, 4) is 0 Å². The highest BCUT2D eigenvalue weighted by atomic mass is 16.3. The molecule has 1 unspecified atom stereocenters. The summed E-state index contributed by atoms with van der Waals surface area (Å²) in [6.45, 7) is 4.14. The summed E-state index contributed by atoms with van der Waals surface area (Å²) in [6, 6.07) is 12.7. The molecule has 0 saturated carbocycles. The smallest absolute Gasteiger partial charge is 0.134 e. The molecule has 0 aliphatic heterocycles. The highest BCUT2D eigenvalue weighted by Gasteiger charge is 2.16. The molecule has 1 aromatic carbocycles. The average molecular weight is 280 g/mol. The van der Waals surface area contributed by atoms with Crippen LogP contribution in [0.3, 0.4) is 0 Å². The van der Waals surface area contributed by atoms with Gasteiger partial charge < -0.3 is 9.73 Å². The van der Waals surface area contributed by atoms with Gasteiger partial charge in [-0.2, -0.15) is 0 Å². The van der Waals surface area contributed by atoms with E-state index < -0.39 is 0 Å². The number of fused-ring (bicyclic) bond motifs is 1. The standard InChI is InChI=1S/C18H20N2O/c1-12-5-7-17-14(8-12)9-18(21-17)16(19-3)10-15-6-4-13(2)11-20-15/h4-9,11,16,19H,10H2,1-3H3. The predicted octanol–water partition coefficient (Wildman–Crippen LogP) is 3.95. The van der Waals surface area contributed by atoms with Crippen molar-refractivity contribution in [3.05, 3.63) is 65.2 Å². The van der Waals surface area contributed by atoms with Crippen LogP contribution in [0.5, 0.6) is 0 Å². The number of likely N-dealkylation sites (N-methyl/N-ethyl adjacent to an activating group) is 1. The van der Waals surface area contributed by atoms with Gasteiger partial charge in [0.1, 0.15) is 11.3 Å². The Bertz CT molecular complexity index is 744. The van der Waals surface area contributed by atoms with E-state index >= 15 is 0 Å². The average Bonchev–Trinajstić information content (AvgIpc) is 2.89. The SMILES string of the molecule is CNC(Cc1ccc(C)cn1)c1cc2cc(C)ccc2o1. The van der Waals surface area contributed by atoms with Crippen molar-refractivity contribution in [2.75, 3.05) is 7.05 Å². The Labute approximate surface area is 125 Å². The van der Waals surface area contributed by atoms with E-state index in [9.17, 15) is 0 Å². The van der Waals surface area contributed by atoms with Gasteiger partial charge in [-0.05, 0) is 50.7 Å². The van der Waals surface area contributed by atoms with E-state index in [1.165, 1.54) is 11.1 Å². The molecule has 21 heavy (non-hydrogen) atoms. The fourth-order valence-electron chi connectivity index (χ4n) is 2.53. The highest BCUT2D eigenvalue weighted by Crippen LogP contribution is 2.26. The van der Waals surface area contributed by atoms with Gasteiger partial charge in [0.05, 0.1) is 6.04 Å².